The maximum atomic E-state index is 6.10. The number of aromatic nitrogens is 1. The molecule has 1 aromatic heterocycles. The normalized spacial score (nSPS) is 12.1. The molecule has 2 nitrogen and oxygen atoms in total. The summed E-state index contributed by atoms with van der Waals surface area (Å²) in [5, 5.41) is 0. The maximum Gasteiger partial charge on any atom is 0.128 e. The van der Waals surface area contributed by atoms with E-state index in [9.17, 15) is 0 Å². The molecule has 28 heavy (non-hydrogen) atoms. The fourth-order valence-electron chi connectivity index (χ4n) is 3.39. The molecule has 0 aliphatic heterocycles. The Morgan fingerprint density at radius 1 is 0.893 bits per heavy atom. The maximum absolute atomic E-state index is 6.10. The van der Waals surface area contributed by atoms with Crippen LogP contribution in [0.2, 0.25) is 0 Å². The molecule has 1 heterocycles. The van der Waals surface area contributed by atoms with Gasteiger partial charge in [0.25, 0.3) is 0 Å². The van der Waals surface area contributed by atoms with Gasteiger partial charge < -0.3 is 4.74 Å². The van der Waals surface area contributed by atoms with Crippen LogP contribution in [0.25, 0.3) is 11.3 Å². The zero-order chi connectivity index (χ0) is 20.0. The van der Waals surface area contributed by atoms with Crippen molar-refractivity contribution in [3.8, 4) is 17.0 Å². The van der Waals surface area contributed by atoms with Gasteiger partial charge in [0.2, 0.25) is 0 Å². The molecule has 0 radical (unpaired) electrons. The number of aryl methyl sites for hydroxylation is 1. The van der Waals surface area contributed by atoms with Crippen LogP contribution in [0.1, 0.15) is 84.1 Å². The predicted octanol–water partition coefficient (Wildman–Crippen LogP) is 7.86. The first-order valence-electron chi connectivity index (χ1n) is 11.4. The average molecular weight is 382 g/mol. The second kappa shape index (κ2) is 13.4. The molecule has 0 bridgehead atoms. The Morgan fingerprint density at radius 2 is 1.61 bits per heavy atom. The summed E-state index contributed by atoms with van der Waals surface area (Å²) in [5.74, 6) is 1.51. The van der Waals surface area contributed by atoms with Crippen molar-refractivity contribution in [2.75, 3.05) is 6.61 Å². The fraction of sp³-hybridized carbons (Fsp3) is 0.577. The summed E-state index contributed by atoms with van der Waals surface area (Å²) in [6.45, 7) is 7.46. The summed E-state index contributed by atoms with van der Waals surface area (Å²) < 4.78 is 6.10. The van der Waals surface area contributed by atoms with Crippen molar-refractivity contribution < 1.29 is 4.74 Å². The van der Waals surface area contributed by atoms with E-state index < -0.39 is 0 Å². The van der Waals surface area contributed by atoms with E-state index in [1.807, 2.05) is 12.3 Å². The van der Waals surface area contributed by atoms with Crippen LogP contribution >= 0.6 is 0 Å². The SMILES string of the molecule is CCCCCCCCCCc1ccnc(-c2ccccc2OCC(C)CC)c1. The zero-order valence-electron chi connectivity index (χ0n) is 18.3. The molecule has 1 atom stereocenters. The highest BCUT2D eigenvalue weighted by molar-refractivity contribution is 5.67. The molecule has 2 rings (SSSR count). The Kier molecular flexibility index (Phi) is 10.7. The standard InChI is InChI=1S/C26H39NO/c1-4-6-7-8-9-10-11-12-15-23-18-19-27-25(20-23)24-16-13-14-17-26(24)28-21-22(3)5-2/h13-14,16-20,22H,4-12,15,21H2,1-3H3. The number of nitrogens with zero attached hydrogens (tertiary/aromatic N) is 1. The third-order valence-corrected chi connectivity index (χ3v) is 5.53. The molecule has 1 aromatic carbocycles. The van der Waals surface area contributed by atoms with Crippen LogP contribution in [-0.4, -0.2) is 11.6 Å². The third kappa shape index (κ3) is 8.04. The van der Waals surface area contributed by atoms with Crippen LogP contribution in [0.15, 0.2) is 42.6 Å². The second-order valence-electron chi connectivity index (χ2n) is 8.09. The second-order valence-corrected chi connectivity index (χ2v) is 8.09. The van der Waals surface area contributed by atoms with E-state index in [1.54, 1.807) is 0 Å². The van der Waals surface area contributed by atoms with Crippen LogP contribution < -0.4 is 4.74 Å². The lowest BCUT2D eigenvalue weighted by molar-refractivity contribution is 0.257. The molecule has 0 N–H and O–H groups in total. The van der Waals surface area contributed by atoms with Gasteiger partial charge in [0, 0.05) is 11.8 Å². The molecule has 0 spiro atoms. The smallest absolute Gasteiger partial charge is 0.128 e. The molecule has 2 aromatic rings. The highest BCUT2D eigenvalue weighted by Gasteiger charge is 2.09. The topological polar surface area (TPSA) is 22.1 Å². The van der Waals surface area contributed by atoms with Gasteiger partial charge in [-0.05, 0) is 48.6 Å². The number of rotatable bonds is 14. The van der Waals surface area contributed by atoms with Crippen molar-refractivity contribution in [2.45, 2.75) is 85.0 Å². The van der Waals surface area contributed by atoms with E-state index in [4.69, 9.17) is 4.74 Å². The number of hydrogen-bond acceptors (Lipinski definition) is 2. The Labute approximate surface area is 172 Å². The van der Waals surface area contributed by atoms with E-state index in [0.29, 0.717) is 5.92 Å². The van der Waals surface area contributed by atoms with Gasteiger partial charge in [0.1, 0.15) is 5.75 Å². The first-order valence-corrected chi connectivity index (χ1v) is 11.4. The van der Waals surface area contributed by atoms with E-state index in [0.717, 1.165) is 36.5 Å². The monoisotopic (exact) mass is 381 g/mol. The zero-order valence-corrected chi connectivity index (χ0v) is 18.3. The first-order chi connectivity index (χ1) is 13.7. The van der Waals surface area contributed by atoms with Crippen LogP contribution in [0, 0.1) is 5.92 Å². The molecule has 0 amide bonds. The molecule has 0 fully saturated rings. The van der Waals surface area contributed by atoms with E-state index in [-0.39, 0.29) is 0 Å². The van der Waals surface area contributed by atoms with Crippen LogP contribution in [0.3, 0.4) is 0 Å². The van der Waals surface area contributed by atoms with Gasteiger partial charge in [-0.1, -0.05) is 84.3 Å². The lowest BCUT2D eigenvalue weighted by atomic mass is 10.0. The van der Waals surface area contributed by atoms with Gasteiger partial charge in [0.05, 0.1) is 12.3 Å². The van der Waals surface area contributed by atoms with Crippen LogP contribution in [0.4, 0.5) is 0 Å². The summed E-state index contributed by atoms with van der Waals surface area (Å²) in [6.07, 6.45) is 15.1. The Hall–Kier alpha value is -1.83. The Balaban J connectivity index is 1.87. The fourth-order valence-corrected chi connectivity index (χ4v) is 3.39. The molecule has 0 saturated carbocycles. The number of unbranched alkanes of at least 4 members (excludes halogenated alkanes) is 7. The van der Waals surface area contributed by atoms with Gasteiger partial charge in [0.15, 0.2) is 0 Å². The largest absolute Gasteiger partial charge is 0.493 e. The number of ether oxygens (including phenoxy) is 1. The van der Waals surface area contributed by atoms with Crippen molar-refractivity contribution in [2.24, 2.45) is 5.92 Å². The molecular weight excluding hydrogens is 342 g/mol. The number of pyridine rings is 1. The van der Waals surface area contributed by atoms with Gasteiger partial charge >= 0.3 is 0 Å². The Morgan fingerprint density at radius 3 is 2.36 bits per heavy atom. The number of hydrogen-bond donors (Lipinski definition) is 0. The molecule has 0 saturated heterocycles. The minimum absolute atomic E-state index is 0.564. The minimum atomic E-state index is 0.564. The van der Waals surface area contributed by atoms with Crippen molar-refractivity contribution in [3.05, 3.63) is 48.2 Å². The van der Waals surface area contributed by atoms with E-state index in [2.05, 4.69) is 56.1 Å². The molecule has 0 aliphatic carbocycles. The van der Waals surface area contributed by atoms with Gasteiger partial charge in [-0.25, -0.2) is 0 Å². The van der Waals surface area contributed by atoms with Crippen molar-refractivity contribution >= 4 is 0 Å². The lowest BCUT2D eigenvalue weighted by Gasteiger charge is -2.14. The van der Waals surface area contributed by atoms with Crippen molar-refractivity contribution in [1.29, 1.82) is 0 Å². The summed E-state index contributed by atoms with van der Waals surface area (Å²) in [4.78, 5) is 4.62. The Bertz CT molecular complexity index is 667. The van der Waals surface area contributed by atoms with Gasteiger partial charge in [-0.2, -0.15) is 0 Å². The number of benzene rings is 1. The number of para-hydroxylation sites is 1. The molecule has 0 aliphatic rings. The van der Waals surface area contributed by atoms with Gasteiger partial charge in [-0.15, -0.1) is 0 Å². The third-order valence-electron chi connectivity index (χ3n) is 5.53. The highest BCUT2D eigenvalue weighted by atomic mass is 16.5. The quantitative estimate of drug-likeness (QED) is 0.311. The van der Waals surface area contributed by atoms with Crippen molar-refractivity contribution in [1.82, 2.24) is 4.98 Å². The summed E-state index contributed by atoms with van der Waals surface area (Å²) >= 11 is 0. The summed E-state index contributed by atoms with van der Waals surface area (Å²) in [6, 6.07) is 12.7. The lowest BCUT2D eigenvalue weighted by Crippen LogP contribution is -2.08. The van der Waals surface area contributed by atoms with Gasteiger partial charge in [-0.3, -0.25) is 4.98 Å². The van der Waals surface area contributed by atoms with Crippen molar-refractivity contribution in [3.63, 3.8) is 0 Å². The molecule has 154 valence electrons. The molecule has 1 unspecified atom stereocenters. The van der Waals surface area contributed by atoms with Crippen LogP contribution in [-0.2, 0) is 6.42 Å². The average Bonchev–Trinajstić information content (AvgIpc) is 2.74. The van der Waals surface area contributed by atoms with E-state index in [1.165, 1.54) is 56.9 Å². The first kappa shape index (κ1) is 22.5. The summed E-state index contributed by atoms with van der Waals surface area (Å²) in [5.41, 5.74) is 3.51. The molecule has 2 heteroatoms. The van der Waals surface area contributed by atoms with E-state index >= 15 is 0 Å². The highest BCUT2D eigenvalue weighted by Crippen LogP contribution is 2.29. The summed E-state index contributed by atoms with van der Waals surface area (Å²) in [7, 11) is 0. The predicted molar refractivity (Wildman–Crippen MR) is 121 cm³/mol. The minimum Gasteiger partial charge on any atom is -0.493 e. The van der Waals surface area contributed by atoms with Crippen LogP contribution in [0.5, 0.6) is 5.75 Å². The molecular formula is C26H39NO.